The number of allylic oxidation sites excluding steroid dienone is 2. The lowest BCUT2D eigenvalue weighted by atomic mass is 10.1. The van der Waals surface area contributed by atoms with Gasteiger partial charge in [0.1, 0.15) is 0 Å². The largest absolute Gasteiger partial charge is 0.478 e. The Kier molecular flexibility index (Phi) is 4.29. The molecule has 0 aliphatic heterocycles. The summed E-state index contributed by atoms with van der Waals surface area (Å²) in [7, 11) is 0. The van der Waals surface area contributed by atoms with Gasteiger partial charge in [0.05, 0.1) is 0 Å². The van der Waals surface area contributed by atoms with E-state index in [1.807, 2.05) is 6.92 Å². The van der Waals surface area contributed by atoms with Crippen molar-refractivity contribution < 1.29 is 9.90 Å². The zero-order chi connectivity index (χ0) is 7.98. The van der Waals surface area contributed by atoms with Crippen LogP contribution in [0, 0.1) is 5.92 Å². The van der Waals surface area contributed by atoms with Crippen LogP contribution in [-0.4, -0.2) is 11.1 Å². The van der Waals surface area contributed by atoms with Crippen LogP contribution in [0.3, 0.4) is 0 Å². The summed E-state index contributed by atoms with van der Waals surface area (Å²) in [6, 6.07) is 0. The fraction of sp³-hybridized carbons (Fsp3) is 0.375. The summed E-state index contributed by atoms with van der Waals surface area (Å²) >= 11 is 0. The number of hydrogen-bond donors (Lipinski definition) is 1. The summed E-state index contributed by atoms with van der Waals surface area (Å²) in [4.78, 5) is 9.96. The van der Waals surface area contributed by atoms with Gasteiger partial charge >= 0.3 is 5.97 Å². The van der Waals surface area contributed by atoms with E-state index in [9.17, 15) is 4.79 Å². The van der Waals surface area contributed by atoms with Crippen LogP contribution in [-0.2, 0) is 4.79 Å². The topological polar surface area (TPSA) is 37.3 Å². The number of rotatable bonds is 4. The van der Waals surface area contributed by atoms with Gasteiger partial charge in [-0.05, 0) is 12.3 Å². The Morgan fingerprint density at radius 3 is 2.80 bits per heavy atom. The zero-order valence-electron chi connectivity index (χ0n) is 6.08. The first-order valence-corrected chi connectivity index (χ1v) is 3.19. The Bertz CT molecular complexity index is 147. The van der Waals surface area contributed by atoms with Crippen molar-refractivity contribution in [3.8, 4) is 0 Å². The van der Waals surface area contributed by atoms with Crippen LogP contribution in [0.2, 0.25) is 0 Å². The van der Waals surface area contributed by atoms with E-state index in [1.54, 1.807) is 12.2 Å². The normalized spacial score (nSPS) is 13.3. The minimum atomic E-state index is -0.892. The fourth-order valence-corrected chi connectivity index (χ4v) is 0.480. The highest BCUT2D eigenvalue weighted by Gasteiger charge is 1.91. The maximum Gasteiger partial charge on any atom is 0.327 e. The lowest BCUT2D eigenvalue weighted by Gasteiger charge is -1.96. The molecule has 1 unspecified atom stereocenters. The van der Waals surface area contributed by atoms with Gasteiger partial charge in [-0.25, -0.2) is 4.79 Å². The summed E-state index contributed by atoms with van der Waals surface area (Å²) < 4.78 is 0. The number of aliphatic carboxylic acids is 1. The Morgan fingerprint density at radius 1 is 1.80 bits per heavy atom. The minimum absolute atomic E-state index is 0.357. The highest BCUT2D eigenvalue weighted by atomic mass is 16.4. The van der Waals surface area contributed by atoms with Gasteiger partial charge in [0, 0.05) is 6.08 Å². The van der Waals surface area contributed by atoms with Crippen LogP contribution in [0.25, 0.3) is 0 Å². The Morgan fingerprint density at radius 2 is 2.40 bits per heavy atom. The number of carboxylic acids is 1. The molecule has 0 saturated carbocycles. The third kappa shape index (κ3) is 5.09. The molecule has 0 amide bonds. The first kappa shape index (κ1) is 8.95. The van der Waals surface area contributed by atoms with E-state index in [1.165, 1.54) is 0 Å². The Labute approximate surface area is 60.9 Å². The molecule has 0 saturated heterocycles. The highest BCUT2D eigenvalue weighted by Crippen LogP contribution is 2.02. The standard InChI is InChI=1S/C8H12O2/c1-3-7(2)5-4-6-8(9)10/h3-4,6-7H,1,5H2,2H3,(H,9,10)/b6-4+. The molecule has 1 atom stereocenters. The summed E-state index contributed by atoms with van der Waals surface area (Å²) in [5, 5.41) is 8.19. The average molecular weight is 140 g/mol. The first-order valence-electron chi connectivity index (χ1n) is 3.19. The van der Waals surface area contributed by atoms with E-state index in [0.29, 0.717) is 5.92 Å². The SMILES string of the molecule is C=CC(C)C/C=C/C(=O)O. The quantitative estimate of drug-likeness (QED) is 0.478. The van der Waals surface area contributed by atoms with Crippen molar-refractivity contribution in [1.29, 1.82) is 0 Å². The molecule has 0 rings (SSSR count). The molecule has 0 aliphatic rings. The van der Waals surface area contributed by atoms with Gasteiger partial charge in [-0.3, -0.25) is 0 Å². The molecule has 56 valence electrons. The van der Waals surface area contributed by atoms with Gasteiger partial charge in [0.15, 0.2) is 0 Å². The van der Waals surface area contributed by atoms with E-state index in [-0.39, 0.29) is 0 Å². The Balaban J connectivity index is 3.52. The maximum absolute atomic E-state index is 9.96. The summed E-state index contributed by atoms with van der Waals surface area (Å²) in [6.45, 7) is 5.56. The third-order valence-corrected chi connectivity index (χ3v) is 1.17. The second-order valence-electron chi connectivity index (χ2n) is 2.19. The molecule has 0 aromatic rings. The van der Waals surface area contributed by atoms with E-state index >= 15 is 0 Å². The van der Waals surface area contributed by atoms with Crippen LogP contribution in [0.5, 0.6) is 0 Å². The molecule has 10 heavy (non-hydrogen) atoms. The smallest absolute Gasteiger partial charge is 0.327 e. The molecule has 0 radical (unpaired) electrons. The molecule has 0 fully saturated rings. The van der Waals surface area contributed by atoms with Gasteiger partial charge in [0.25, 0.3) is 0 Å². The Hall–Kier alpha value is -1.05. The third-order valence-electron chi connectivity index (χ3n) is 1.17. The van der Waals surface area contributed by atoms with Gasteiger partial charge in [0.2, 0.25) is 0 Å². The number of carbonyl (C=O) groups is 1. The molecule has 0 bridgehead atoms. The van der Waals surface area contributed by atoms with E-state index in [2.05, 4.69) is 6.58 Å². The first-order chi connectivity index (χ1) is 4.66. The number of carboxylic acid groups (broad SMARTS) is 1. The predicted octanol–water partition coefficient (Wildman–Crippen LogP) is 1.84. The molecular weight excluding hydrogens is 128 g/mol. The molecule has 0 aromatic carbocycles. The lowest BCUT2D eigenvalue weighted by molar-refractivity contribution is -0.131. The average Bonchev–Trinajstić information content (AvgIpc) is 1.87. The second-order valence-corrected chi connectivity index (χ2v) is 2.19. The van der Waals surface area contributed by atoms with Crippen molar-refractivity contribution in [3.63, 3.8) is 0 Å². The van der Waals surface area contributed by atoms with Crippen molar-refractivity contribution >= 4 is 5.97 Å². The maximum atomic E-state index is 9.96. The second kappa shape index (κ2) is 4.79. The van der Waals surface area contributed by atoms with Crippen LogP contribution < -0.4 is 0 Å². The summed E-state index contributed by atoms with van der Waals surface area (Å²) in [5.74, 6) is -0.535. The molecular formula is C8H12O2. The van der Waals surface area contributed by atoms with Gasteiger partial charge in [-0.1, -0.05) is 19.1 Å². The van der Waals surface area contributed by atoms with E-state index < -0.39 is 5.97 Å². The van der Waals surface area contributed by atoms with Crippen LogP contribution in [0.4, 0.5) is 0 Å². The predicted molar refractivity (Wildman–Crippen MR) is 40.8 cm³/mol. The fourth-order valence-electron chi connectivity index (χ4n) is 0.480. The minimum Gasteiger partial charge on any atom is -0.478 e. The van der Waals surface area contributed by atoms with Gasteiger partial charge in [-0.15, -0.1) is 6.58 Å². The van der Waals surface area contributed by atoms with Crippen molar-refractivity contribution in [3.05, 3.63) is 24.8 Å². The van der Waals surface area contributed by atoms with E-state index in [4.69, 9.17) is 5.11 Å². The van der Waals surface area contributed by atoms with Crippen molar-refractivity contribution in [2.24, 2.45) is 5.92 Å². The van der Waals surface area contributed by atoms with Gasteiger partial charge in [-0.2, -0.15) is 0 Å². The van der Waals surface area contributed by atoms with Crippen molar-refractivity contribution in [1.82, 2.24) is 0 Å². The molecule has 0 heterocycles. The molecule has 0 aliphatic carbocycles. The molecule has 0 spiro atoms. The number of hydrogen-bond acceptors (Lipinski definition) is 1. The summed E-state index contributed by atoms with van der Waals surface area (Å²) in [5.41, 5.74) is 0. The molecule has 2 nitrogen and oxygen atoms in total. The zero-order valence-corrected chi connectivity index (χ0v) is 6.08. The highest BCUT2D eigenvalue weighted by molar-refractivity contribution is 5.79. The lowest BCUT2D eigenvalue weighted by Crippen LogP contribution is -1.88. The van der Waals surface area contributed by atoms with Crippen LogP contribution in [0.15, 0.2) is 24.8 Å². The van der Waals surface area contributed by atoms with Crippen LogP contribution >= 0.6 is 0 Å². The molecule has 0 aromatic heterocycles. The summed E-state index contributed by atoms with van der Waals surface area (Å²) in [6.07, 6.45) is 5.33. The van der Waals surface area contributed by atoms with Crippen LogP contribution in [0.1, 0.15) is 13.3 Å². The molecule has 2 heteroatoms. The monoisotopic (exact) mass is 140 g/mol. The van der Waals surface area contributed by atoms with Crippen molar-refractivity contribution in [2.75, 3.05) is 0 Å². The van der Waals surface area contributed by atoms with E-state index in [0.717, 1.165) is 12.5 Å². The van der Waals surface area contributed by atoms with Gasteiger partial charge < -0.3 is 5.11 Å². The van der Waals surface area contributed by atoms with Crippen molar-refractivity contribution in [2.45, 2.75) is 13.3 Å². The molecule has 1 N–H and O–H groups in total.